The highest BCUT2D eigenvalue weighted by molar-refractivity contribution is 6.31. The van der Waals surface area contributed by atoms with Gasteiger partial charge in [-0.1, -0.05) is 17.7 Å². The minimum Gasteiger partial charge on any atom is -0.349 e. The molecule has 8 heteroatoms. The number of aromatic nitrogens is 4. The van der Waals surface area contributed by atoms with Crippen molar-refractivity contribution in [2.75, 3.05) is 0 Å². The largest absolute Gasteiger partial charge is 0.349 e. The maximum Gasteiger partial charge on any atom is 0.224 e. The van der Waals surface area contributed by atoms with E-state index < -0.39 is 5.82 Å². The van der Waals surface area contributed by atoms with Crippen molar-refractivity contribution in [1.29, 1.82) is 0 Å². The minimum absolute atomic E-state index is 0.144. The van der Waals surface area contributed by atoms with Crippen LogP contribution in [0.15, 0.2) is 42.7 Å². The summed E-state index contributed by atoms with van der Waals surface area (Å²) in [5.41, 5.74) is 0.940. The van der Waals surface area contributed by atoms with Crippen LogP contribution in [0.25, 0.3) is 11.4 Å². The average molecular weight is 346 g/mol. The zero-order chi connectivity index (χ0) is 16.9. The van der Waals surface area contributed by atoms with Crippen LogP contribution in [0.1, 0.15) is 11.4 Å². The van der Waals surface area contributed by atoms with E-state index in [0.717, 1.165) is 5.56 Å². The number of amides is 1. The number of carbonyl (C=O) groups excluding carboxylic acids is 1. The molecule has 3 aromatic rings. The highest BCUT2D eigenvalue weighted by atomic mass is 35.5. The average Bonchev–Trinajstić information content (AvgIpc) is 3.06. The third-order valence-corrected chi connectivity index (χ3v) is 3.66. The predicted octanol–water partition coefficient (Wildman–Crippen LogP) is 2.52. The van der Waals surface area contributed by atoms with Gasteiger partial charge < -0.3 is 5.32 Å². The summed E-state index contributed by atoms with van der Waals surface area (Å²) in [5, 5.41) is 9.69. The Labute approximate surface area is 142 Å². The highest BCUT2D eigenvalue weighted by Crippen LogP contribution is 2.19. The summed E-state index contributed by atoms with van der Waals surface area (Å²) < 4.78 is 13.7. The van der Waals surface area contributed by atoms with E-state index in [1.165, 1.54) is 12.1 Å². The van der Waals surface area contributed by atoms with Crippen LogP contribution >= 0.6 is 11.6 Å². The van der Waals surface area contributed by atoms with Gasteiger partial charge in [0, 0.05) is 28.5 Å². The maximum atomic E-state index is 13.7. The number of nitrogens with one attached hydrogen (secondary N) is 2. The zero-order valence-electron chi connectivity index (χ0n) is 12.5. The van der Waals surface area contributed by atoms with E-state index in [1.54, 1.807) is 24.5 Å². The molecule has 2 aromatic heterocycles. The van der Waals surface area contributed by atoms with Crippen LogP contribution < -0.4 is 5.32 Å². The molecule has 0 fully saturated rings. The Morgan fingerprint density at radius 1 is 1.29 bits per heavy atom. The summed E-state index contributed by atoms with van der Waals surface area (Å²) in [4.78, 5) is 20.2. The molecule has 3 rings (SSSR count). The number of benzene rings is 1. The van der Waals surface area contributed by atoms with Gasteiger partial charge in [-0.2, -0.15) is 5.10 Å². The lowest BCUT2D eigenvalue weighted by Gasteiger charge is -2.06. The van der Waals surface area contributed by atoms with E-state index in [9.17, 15) is 9.18 Å². The van der Waals surface area contributed by atoms with Crippen molar-refractivity contribution < 1.29 is 9.18 Å². The summed E-state index contributed by atoms with van der Waals surface area (Å²) in [6, 6.07) is 7.92. The van der Waals surface area contributed by atoms with E-state index in [0.29, 0.717) is 11.6 Å². The van der Waals surface area contributed by atoms with Gasteiger partial charge >= 0.3 is 0 Å². The van der Waals surface area contributed by atoms with Crippen molar-refractivity contribution >= 4 is 17.5 Å². The normalized spacial score (nSPS) is 10.6. The summed E-state index contributed by atoms with van der Waals surface area (Å²) in [6.45, 7) is 0.151. The van der Waals surface area contributed by atoms with Crippen LogP contribution in [-0.4, -0.2) is 26.1 Å². The summed E-state index contributed by atoms with van der Waals surface area (Å²) in [5.74, 6) is 0.115. The minimum atomic E-state index is -0.504. The fraction of sp³-hybridized carbons (Fsp3) is 0.125. The fourth-order valence-electron chi connectivity index (χ4n) is 2.11. The molecule has 1 aromatic carbocycles. The number of aromatic amines is 1. The molecule has 6 nitrogen and oxygen atoms in total. The number of carbonyl (C=O) groups is 1. The molecule has 0 bridgehead atoms. The molecular formula is C16H13ClFN5O. The Kier molecular flexibility index (Phi) is 4.81. The molecule has 0 aliphatic carbocycles. The quantitative estimate of drug-likeness (QED) is 0.744. The molecule has 0 aliphatic rings. The predicted molar refractivity (Wildman–Crippen MR) is 86.6 cm³/mol. The van der Waals surface area contributed by atoms with Gasteiger partial charge in [-0.05, 0) is 24.3 Å². The van der Waals surface area contributed by atoms with E-state index in [-0.39, 0.29) is 29.5 Å². The molecule has 1 amide bonds. The van der Waals surface area contributed by atoms with Gasteiger partial charge in [0.05, 0.1) is 13.0 Å². The standard InChI is InChI=1S/C16H13ClFN5O/c17-12-4-1-5-13(18)11(12)7-15(24)20-9-14-21-16(23-22-14)10-3-2-6-19-8-10/h1-6,8H,7,9H2,(H,20,24)(H,21,22,23). The van der Waals surface area contributed by atoms with Crippen LogP contribution in [0.2, 0.25) is 5.02 Å². The fourth-order valence-corrected chi connectivity index (χ4v) is 2.33. The number of hydrogen-bond acceptors (Lipinski definition) is 4. The smallest absolute Gasteiger partial charge is 0.224 e. The Morgan fingerprint density at radius 3 is 2.92 bits per heavy atom. The maximum absolute atomic E-state index is 13.7. The van der Waals surface area contributed by atoms with Crippen molar-refractivity contribution in [3.63, 3.8) is 0 Å². The molecule has 0 spiro atoms. The van der Waals surface area contributed by atoms with Crippen LogP contribution in [-0.2, 0) is 17.8 Å². The Balaban J connectivity index is 1.60. The van der Waals surface area contributed by atoms with E-state index in [4.69, 9.17) is 11.6 Å². The third-order valence-electron chi connectivity index (χ3n) is 3.30. The van der Waals surface area contributed by atoms with Gasteiger partial charge in [0.15, 0.2) is 5.82 Å². The Hall–Kier alpha value is -2.80. The Bertz CT molecular complexity index is 832. The first-order valence-electron chi connectivity index (χ1n) is 7.15. The lowest BCUT2D eigenvalue weighted by Crippen LogP contribution is -2.25. The molecule has 0 atom stereocenters. The van der Waals surface area contributed by atoms with Crippen molar-refractivity contribution in [3.05, 3.63) is 65.0 Å². The van der Waals surface area contributed by atoms with Gasteiger partial charge in [-0.15, -0.1) is 0 Å². The van der Waals surface area contributed by atoms with Crippen molar-refractivity contribution in [3.8, 4) is 11.4 Å². The molecule has 0 unspecified atom stereocenters. The molecule has 2 N–H and O–H groups in total. The number of nitrogens with zero attached hydrogens (tertiary/aromatic N) is 3. The number of H-pyrrole nitrogens is 1. The van der Waals surface area contributed by atoms with Crippen molar-refractivity contribution in [2.45, 2.75) is 13.0 Å². The molecule has 0 saturated heterocycles. The van der Waals surface area contributed by atoms with Crippen LogP contribution in [0.4, 0.5) is 4.39 Å². The SMILES string of the molecule is O=C(Cc1c(F)cccc1Cl)NCc1nc(-c2cccnc2)n[nH]1. The molecule has 0 radical (unpaired) electrons. The lowest BCUT2D eigenvalue weighted by atomic mass is 10.1. The Morgan fingerprint density at radius 2 is 2.17 bits per heavy atom. The zero-order valence-corrected chi connectivity index (χ0v) is 13.2. The van der Waals surface area contributed by atoms with E-state index >= 15 is 0 Å². The molecule has 2 heterocycles. The second kappa shape index (κ2) is 7.18. The van der Waals surface area contributed by atoms with Gasteiger partial charge in [-0.25, -0.2) is 9.37 Å². The van der Waals surface area contributed by atoms with Crippen molar-refractivity contribution in [2.24, 2.45) is 0 Å². The monoisotopic (exact) mass is 345 g/mol. The summed E-state index contributed by atoms with van der Waals surface area (Å²) >= 11 is 5.91. The summed E-state index contributed by atoms with van der Waals surface area (Å²) in [7, 11) is 0. The first-order valence-corrected chi connectivity index (χ1v) is 7.52. The van der Waals surface area contributed by atoms with Crippen LogP contribution in [0, 0.1) is 5.82 Å². The second-order valence-electron chi connectivity index (χ2n) is 5.00. The van der Waals surface area contributed by atoms with E-state index in [2.05, 4.69) is 25.5 Å². The summed E-state index contributed by atoms with van der Waals surface area (Å²) in [6.07, 6.45) is 3.16. The van der Waals surface area contributed by atoms with Gasteiger partial charge in [0.25, 0.3) is 0 Å². The highest BCUT2D eigenvalue weighted by Gasteiger charge is 2.12. The van der Waals surface area contributed by atoms with Crippen LogP contribution in [0.5, 0.6) is 0 Å². The molecule has 0 saturated carbocycles. The lowest BCUT2D eigenvalue weighted by molar-refractivity contribution is -0.120. The molecule has 122 valence electrons. The first-order chi connectivity index (χ1) is 11.6. The van der Waals surface area contributed by atoms with Gasteiger partial charge in [0.1, 0.15) is 11.6 Å². The number of hydrogen-bond donors (Lipinski definition) is 2. The molecular weight excluding hydrogens is 333 g/mol. The third kappa shape index (κ3) is 3.75. The van der Waals surface area contributed by atoms with Gasteiger partial charge in [0.2, 0.25) is 5.91 Å². The number of halogens is 2. The van der Waals surface area contributed by atoms with Crippen molar-refractivity contribution in [1.82, 2.24) is 25.5 Å². The van der Waals surface area contributed by atoms with E-state index in [1.807, 2.05) is 6.07 Å². The number of pyridine rings is 1. The molecule has 0 aliphatic heterocycles. The number of rotatable bonds is 5. The van der Waals surface area contributed by atoms with Gasteiger partial charge in [-0.3, -0.25) is 14.9 Å². The second-order valence-corrected chi connectivity index (χ2v) is 5.41. The topological polar surface area (TPSA) is 83.6 Å². The molecule has 24 heavy (non-hydrogen) atoms. The first kappa shape index (κ1) is 16.1. The van der Waals surface area contributed by atoms with Crippen LogP contribution in [0.3, 0.4) is 0 Å².